The summed E-state index contributed by atoms with van der Waals surface area (Å²) in [6.45, 7) is 3.54. The lowest BCUT2D eigenvalue weighted by Gasteiger charge is -2.21. The van der Waals surface area contributed by atoms with E-state index in [1.165, 1.54) is 26.1 Å². The van der Waals surface area contributed by atoms with Crippen LogP contribution in [0, 0.1) is 0 Å². The van der Waals surface area contributed by atoms with E-state index in [9.17, 15) is 4.79 Å². The molecule has 130 valence electrons. The van der Waals surface area contributed by atoms with Crippen LogP contribution >= 0.6 is 11.3 Å². The molecule has 0 fully saturated rings. The summed E-state index contributed by atoms with van der Waals surface area (Å²) in [5.41, 5.74) is 1.26. The minimum Gasteiger partial charge on any atom is -0.351 e. The molecule has 1 amide bonds. The number of fused-ring (bicyclic) bond motifs is 1. The van der Waals surface area contributed by atoms with Gasteiger partial charge in [-0.15, -0.1) is 11.3 Å². The molecule has 1 aromatic heterocycles. The van der Waals surface area contributed by atoms with Crippen LogP contribution < -0.4 is 10.2 Å². The predicted molar refractivity (Wildman–Crippen MR) is 105 cm³/mol. The highest BCUT2D eigenvalue weighted by Crippen LogP contribution is 2.15. The molecule has 0 aliphatic heterocycles. The van der Waals surface area contributed by atoms with Crippen molar-refractivity contribution in [2.75, 3.05) is 13.6 Å². The fourth-order valence-corrected chi connectivity index (χ4v) is 3.67. The van der Waals surface area contributed by atoms with Gasteiger partial charge in [0, 0.05) is 17.0 Å². The van der Waals surface area contributed by atoms with Crippen molar-refractivity contribution in [1.29, 1.82) is 0 Å². The quantitative estimate of drug-likeness (QED) is 0.673. The van der Waals surface area contributed by atoms with Crippen LogP contribution in [0.1, 0.15) is 17.4 Å². The van der Waals surface area contributed by atoms with Gasteiger partial charge in [0.15, 0.2) is 6.04 Å². The molecule has 3 aromatic rings. The molecule has 1 unspecified atom stereocenters. The Morgan fingerprint density at radius 2 is 1.92 bits per heavy atom. The molecule has 1 heterocycles. The second kappa shape index (κ2) is 8.28. The Balaban J connectivity index is 1.53. The molecule has 3 rings (SSSR count). The van der Waals surface area contributed by atoms with Gasteiger partial charge in [0.2, 0.25) is 0 Å². The zero-order chi connectivity index (χ0) is 17.6. The lowest BCUT2D eigenvalue weighted by molar-refractivity contribution is -0.908. The predicted octanol–water partition coefficient (Wildman–Crippen LogP) is 2.66. The van der Waals surface area contributed by atoms with Crippen molar-refractivity contribution in [3.63, 3.8) is 0 Å². The number of hydrogen-bond acceptors (Lipinski definition) is 2. The van der Waals surface area contributed by atoms with Crippen LogP contribution in [0.15, 0.2) is 60.0 Å². The number of nitrogens with one attached hydrogen (secondary N) is 2. The Kier molecular flexibility index (Phi) is 5.84. The van der Waals surface area contributed by atoms with Crippen molar-refractivity contribution >= 4 is 28.0 Å². The Morgan fingerprint density at radius 1 is 1.12 bits per heavy atom. The third-order valence-corrected chi connectivity index (χ3v) is 5.62. The summed E-state index contributed by atoms with van der Waals surface area (Å²) in [5.74, 6) is 0.120. The molecule has 0 aliphatic carbocycles. The summed E-state index contributed by atoms with van der Waals surface area (Å²) in [6, 6.07) is 19.0. The molecule has 25 heavy (non-hydrogen) atoms. The van der Waals surface area contributed by atoms with Crippen LogP contribution in [-0.2, 0) is 17.8 Å². The second-order valence-corrected chi connectivity index (χ2v) is 7.58. The standard InChI is InChI=1S/C21H24N2OS/c1-16(21(24)22-12-11-20-8-5-13-25-20)23(2)15-17-9-10-18-6-3-4-7-19(18)14-17/h3-10,13-14,16H,11-12,15H2,1-2H3,(H,22,24)/p+1/t16-/m1/s1. The smallest absolute Gasteiger partial charge is 0.278 e. The summed E-state index contributed by atoms with van der Waals surface area (Å²) in [5, 5.41) is 7.64. The lowest BCUT2D eigenvalue weighted by atomic mass is 10.1. The number of hydrogen-bond donors (Lipinski definition) is 2. The SMILES string of the molecule is C[C@H](C(=O)NCCc1cccs1)[NH+](C)Cc1ccc2ccccc2c1. The van der Waals surface area contributed by atoms with Gasteiger partial charge in [-0.3, -0.25) is 4.79 Å². The van der Waals surface area contributed by atoms with Crippen LogP contribution in [0.2, 0.25) is 0 Å². The maximum Gasteiger partial charge on any atom is 0.278 e. The lowest BCUT2D eigenvalue weighted by Crippen LogP contribution is -3.12. The Hall–Kier alpha value is -2.17. The Bertz CT molecular complexity index is 829. The Labute approximate surface area is 153 Å². The number of thiophene rings is 1. The number of amides is 1. The first kappa shape index (κ1) is 17.6. The summed E-state index contributed by atoms with van der Waals surface area (Å²) in [7, 11) is 2.08. The van der Waals surface area contributed by atoms with Gasteiger partial charge in [-0.1, -0.05) is 42.5 Å². The molecular weight excluding hydrogens is 328 g/mol. The fourth-order valence-electron chi connectivity index (χ4n) is 2.96. The van der Waals surface area contributed by atoms with E-state index >= 15 is 0 Å². The van der Waals surface area contributed by atoms with E-state index < -0.39 is 0 Å². The Morgan fingerprint density at radius 3 is 2.68 bits per heavy atom. The molecule has 2 aromatic carbocycles. The molecule has 0 saturated heterocycles. The van der Waals surface area contributed by atoms with E-state index in [-0.39, 0.29) is 11.9 Å². The molecule has 0 spiro atoms. The number of benzene rings is 2. The summed E-state index contributed by atoms with van der Waals surface area (Å²) >= 11 is 1.74. The largest absolute Gasteiger partial charge is 0.351 e. The number of carbonyl (C=O) groups is 1. The summed E-state index contributed by atoms with van der Waals surface area (Å²) in [6.07, 6.45) is 0.903. The molecule has 2 N–H and O–H groups in total. The van der Waals surface area contributed by atoms with Crippen molar-refractivity contribution in [2.45, 2.75) is 25.9 Å². The van der Waals surface area contributed by atoms with E-state index in [4.69, 9.17) is 0 Å². The molecule has 3 nitrogen and oxygen atoms in total. The highest BCUT2D eigenvalue weighted by Gasteiger charge is 2.21. The van der Waals surface area contributed by atoms with Crippen LogP contribution in [-0.4, -0.2) is 25.5 Å². The normalized spacial score (nSPS) is 13.5. The van der Waals surface area contributed by atoms with Crippen molar-refractivity contribution in [1.82, 2.24) is 5.32 Å². The minimum atomic E-state index is -0.0743. The zero-order valence-electron chi connectivity index (χ0n) is 14.8. The van der Waals surface area contributed by atoms with Gasteiger partial charge in [-0.25, -0.2) is 0 Å². The van der Waals surface area contributed by atoms with Crippen molar-refractivity contribution in [3.8, 4) is 0 Å². The molecule has 4 heteroatoms. The molecular formula is C21H25N2OS+. The molecule has 0 radical (unpaired) electrons. The van der Waals surface area contributed by atoms with Gasteiger partial charge in [-0.05, 0) is 41.6 Å². The van der Waals surface area contributed by atoms with Crippen LogP contribution in [0.4, 0.5) is 0 Å². The average Bonchev–Trinajstić information content (AvgIpc) is 3.14. The number of likely N-dealkylation sites (N-methyl/N-ethyl adjacent to an activating group) is 1. The maximum atomic E-state index is 12.4. The van der Waals surface area contributed by atoms with E-state index in [2.05, 4.69) is 66.3 Å². The first-order chi connectivity index (χ1) is 12.1. The molecule has 0 saturated carbocycles. The highest BCUT2D eigenvalue weighted by molar-refractivity contribution is 7.09. The molecule has 2 atom stereocenters. The van der Waals surface area contributed by atoms with Gasteiger partial charge in [-0.2, -0.15) is 0 Å². The molecule has 0 aliphatic rings. The first-order valence-corrected chi connectivity index (χ1v) is 9.61. The topological polar surface area (TPSA) is 33.5 Å². The second-order valence-electron chi connectivity index (χ2n) is 6.55. The van der Waals surface area contributed by atoms with Crippen molar-refractivity contribution in [3.05, 3.63) is 70.4 Å². The monoisotopic (exact) mass is 353 g/mol. The zero-order valence-corrected chi connectivity index (χ0v) is 15.6. The summed E-state index contributed by atoms with van der Waals surface area (Å²) < 4.78 is 0. The van der Waals surface area contributed by atoms with E-state index in [0.29, 0.717) is 6.54 Å². The van der Waals surface area contributed by atoms with Crippen molar-refractivity contribution in [2.24, 2.45) is 0 Å². The molecule has 0 bridgehead atoms. The summed E-state index contributed by atoms with van der Waals surface area (Å²) in [4.78, 5) is 14.9. The van der Waals surface area contributed by atoms with Crippen LogP contribution in [0.25, 0.3) is 10.8 Å². The fraction of sp³-hybridized carbons (Fsp3) is 0.286. The van der Waals surface area contributed by atoms with Crippen LogP contribution in [0.5, 0.6) is 0 Å². The minimum absolute atomic E-state index is 0.0743. The maximum absolute atomic E-state index is 12.4. The van der Waals surface area contributed by atoms with Crippen LogP contribution in [0.3, 0.4) is 0 Å². The van der Waals surface area contributed by atoms with E-state index in [1.807, 2.05) is 13.0 Å². The third-order valence-electron chi connectivity index (χ3n) is 4.68. The average molecular weight is 354 g/mol. The highest BCUT2D eigenvalue weighted by atomic mass is 32.1. The van der Waals surface area contributed by atoms with Gasteiger partial charge in [0.1, 0.15) is 6.54 Å². The van der Waals surface area contributed by atoms with Gasteiger partial charge >= 0.3 is 0 Å². The number of quaternary nitrogens is 1. The van der Waals surface area contributed by atoms with Crippen molar-refractivity contribution < 1.29 is 9.69 Å². The van der Waals surface area contributed by atoms with Gasteiger partial charge in [0.05, 0.1) is 7.05 Å². The number of rotatable bonds is 7. The number of carbonyl (C=O) groups excluding carboxylic acids is 1. The third kappa shape index (κ3) is 4.68. The van der Waals surface area contributed by atoms with E-state index in [1.54, 1.807) is 11.3 Å². The first-order valence-electron chi connectivity index (χ1n) is 8.73. The van der Waals surface area contributed by atoms with E-state index in [0.717, 1.165) is 13.0 Å². The van der Waals surface area contributed by atoms with Gasteiger partial charge < -0.3 is 10.2 Å². The van der Waals surface area contributed by atoms with Gasteiger partial charge in [0.25, 0.3) is 5.91 Å².